The van der Waals surface area contributed by atoms with Crippen LogP contribution in [0.1, 0.15) is 28.5 Å². The van der Waals surface area contributed by atoms with Gasteiger partial charge in [-0.15, -0.1) is 10.2 Å². The molecule has 6 nitrogen and oxygen atoms in total. The lowest BCUT2D eigenvalue weighted by Gasteiger charge is -2.11. The zero-order valence-corrected chi connectivity index (χ0v) is 15.4. The van der Waals surface area contributed by atoms with Gasteiger partial charge in [0.15, 0.2) is 5.69 Å². The third kappa shape index (κ3) is 5.04. The number of aromatic nitrogens is 2. The third-order valence-corrected chi connectivity index (χ3v) is 3.89. The number of aryl methyl sites for hydroxylation is 1. The maximum absolute atomic E-state index is 12.4. The summed E-state index contributed by atoms with van der Waals surface area (Å²) in [5.74, 6) is 0.903. The van der Waals surface area contributed by atoms with Gasteiger partial charge in [-0.05, 0) is 43.7 Å². The number of ether oxygens (including phenoxy) is 1. The summed E-state index contributed by atoms with van der Waals surface area (Å²) in [5.41, 5.74) is 3.21. The summed E-state index contributed by atoms with van der Waals surface area (Å²) in [6.45, 7) is 5.12. The predicted octanol–water partition coefficient (Wildman–Crippen LogP) is 4.05. The van der Waals surface area contributed by atoms with Gasteiger partial charge in [0.1, 0.15) is 11.6 Å². The van der Waals surface area contributed by atoms with Gasteiger partial charge in [-0.1, -0.05) is 42.0 Å². The predicted molar refractivity (Wildman–Crippen MR) is 106 cm³/mol. The molecule has 3 rings (SSSR count). The van der Waals surface area contributed by atoms with Gasteiger partial charge >= 0.3 is 0 Å². The molecule has 0 spiro atoms. The fraction of sp³-hybridized carbons (Fsp3) is 0.190. The van der Waals surface area contributed by atoms with E-state index in [0.29, 0.717) is 30.4 Å². The largest absolute Gasteiger partial charge is 0.492 e. The summed E-state index contributed by atoms with van der Waals surface area (Å²) in [5, 5.41) is 14.1. The first-order valence-corrected chi connectivity index (χ1v) is 8.82. The minimum atomic E-state index is -0.333. The Morgan fingerprint density at radius 2 is 1.89 bits per heavy atom. The van der Waals surface area contributed by atoms with Crippen LogP contribution in [0.25, 0.3) is 0 Å². The van der Waals surface area contributed by atoms with Crippen molar-refractivity contribution in [1.29, 1.82) is 0 Å². The van der Waals surface area contributed by atoms with Gasteiger partial charge in [-0.2, -0.15) is 0 Å². The van der Waals surface area contributed by atoms with E-state index in [1.54, 1.807) is 18.2 Å². The minimum absolute atomic E-state index is 0.238. The van der Waals surface area contributed by atoms with E-state index < -0.39 is 0 Å². The molecule has 0 unspecified atom stereocenters. The number of nitrogens with zero attached hydrogens (tertiary/aromatic N) is 2. The minimum Gasteiger partial charge on any atom is -0.492 e. The van der Waals surface area contributed by atoms with Gasteiger partial charge in [0.25, 0.3) is 5.91 Å². The molecule has 0 radical (unpaired) electrons. The van der Waals surface area contributed by atoms with Gasteiger partial charge in [0.2, 0.25) is 0 Å². The highest BCUT2D eigenvalue weighted by Crippen LogP contribution is 2.24. The Labute approximate surface area is 158 Å². The van der Waals surface area contributed by atoms with Gasteiger partial charge in [0.05, 0.1) is 12.3 Å². The number of benzene rings is 2. The van der Waals surface area contributed by atoms with Gasteiger partial charge in [-0.25, -0.2) is 0 Å². The topological polar surface area (TPSA) is 76.1 Å². The average Bonchev–Trinajstić information content (AvgIpc) is 2.68. The monoisotopic (exact) mass is 362 g/mol. The number of anilines is 2. The van der Waals surface area contributed by atoms with Crippen LogP contribution in [-0.2, 0) is 6.54 Å². The zero-order chi connectivity index (χ0) is 19.1. The number of hydrogen-bond acceptors (Lipinski definition) is 5. The Morgan fingerprint density at radius 3 is 2.63 bits per heavy atom. The smallest absolute Gasteiger partial charge is 0.276 e. The van der Waals surface area contributed by atoms with E-state index in [2.05, 4.69) is 39.9 Å². The molecule has 6 heteroatoms. The Balaban J connectivity index is 1.62. The van der Waals surface area contributed by atoms with E-state index in [1.165, 1.54) is 5.56 Å². The molecule has 3 aromatic rings. The van der Waals surface area contributed by atoms with E-state index in [9.17, 15) is 4.79 Å². The van der Waals surface area contributed by atoms with E-state index in [4.69, 9.17) is 4.74 Å². The molecule has 0 saturated carbocycles. The molecule has 0 aliphatic heterocycles. The van der Waals surface area contributed by atoms with Crippen molar-refractivity contribution in [3.63, 3.8) is 0 Å². The highest BCUT2D eigenvalue weighted by atomic mass is 16.5. The summed E-state index contributed by atoms with van der Waals surface area (Å²) in [6, 6.07) is 18.9. The number of carbonyl (C=O) groups excluding carboxylic acids is 1. The Bertz CT molecular complexity index is 910. The van der Waals surface area contributed by atoms with Gasteiger partial charge < -0.3 is 15.4 Å². The molecule has 0 saturated heterocycles. The van der Waals surface area contributed by atoms with Gasteiger partial charge in [0, 0.05) is 6.54 Å². The standard InChI is InChI=1S/C21H22N4O2/c1-3-27-19-10-5-4-9-17(19)23-21(26)18-11-12-20(25-24-18)22-14-16-8-6-7-15(2)13-16/h4-13H,3,14H2,1-2H3,(H,22,25)(H,23,26). The van der Waals surface area contributed by atoms with Crippen molar-refractivity contribution in [2.75, 3.05) is 17.2 Å². The maximum Gasteiger partial charge on any atom is 0.276 e. The van der Waals surface area contributed by atoms with Crippen molar-refractivity contribution in [2.45, 2.75) is 20.4 Å². The summed E-state index contributed by atoms with van der Waals surface area (Å²) < 4.78 is 5.51. The second-order valence-electron chi connectivity index (χ2n) is 6.03. The normalized spacial score (nSPS) is 10.3. The molecule has 138 valence electrons. The quantitative estimate of drug-likeness (QED) is 0.663. The number of carbonyl (C=O) groups is 1. The lowest BCUT2D eigenvalue weighted by Crippen LogP contribution is -2.15. The Morgan fingerprint density at radius 1 is 1.04 bits per heavy atom. The molecule has 1 aromatic heterocycles. The second-order valence-corrected chi connectivity index (χ2v) is 6.03. The number of amides is 1. The lowest BCUT2D eigenvalue weighted by molar-refractivity contribution is 0.102. The third-order valence-electron chi connectivity index (χ3n) is 3.89. The molecule has 0 aliphatic carbocycles. The van der Waals surface area contributed by atoms with Crippen LogP contribution in [0.3, 0.4) is 0 Å². The number of hydrogen-bond donors (Lipinski definition) is 2. The summed E-state index contributed by atoms with van der Waals surface area (Å²) in [7, 11) is 0. The average molecular weight is 362 g/mol. The summed E-state index contributed by atoms with van der Waals surface area (Å²) in [4.78, 5) is 12.4. The SMILES string of the molecule is CCOc1ccccc1NC(=O)c1ccc(NCc2cccc(C)c2)nn1. The van der Waals surface area contributed by atoms with Crippen molar-refractivity contribution < 1.29 is 9.53 Å². The maximum atomic E-state index is 12.4. The lowest BCUT2D eigenvalue weighted by atomic mass is 10.1. The van der Waals surface area contributed by atoms with Crippen LogP contribution >= 0.6 is 0 Å². The van der Waals surface area contributed by atoms with Crippen LogP contribution in [-0.4, -0.2) is 22.7 Å². The molecule has 0 atom stereocenters. The molecule has 0 aliphatic rings. The summed E-state index contributed by atoms with van der Waals surface area (Å²) >= 11 is 0. The zero-order valence-electron chi connectivity index (χ0n) is 15.4. The first-order chi connectivity index (χ1) is 13.2. The molecule has 1 heterocycles. The molecule has 2 aromatic carbocycles. The fourth-order valence-electron chi connectivity index (χ4n) is 2.60. The Kier molecular flexibility index (Phi) is 5.99. The van der Waals surface area contributed by atoms with Crippen LogP contribution < -0.4 is 15.4 Å². The first kappa shape index (κ1) is 18.4. The first-order valence-electron chi connectivity index (χ1n) is 8.82. The van der Waals surface area contributed by atoms with Crippen LogP contribution in [0.15, 0.2) is 60.7 Å². The Hall–Kier alpha value is -3.41. The molecule has 2 N–H and O–H groups in total. The highest BCUT2D eigenvalue weighted by Gasteiger charge is 2.11. The van der Waals surface area contributed by atoms with Crippen molar-refractivity contribution in [3.8, 4) is 5.75 Å². The van der Waals surface area contributed by atoms with Gasteiger partial charge in [-0.3, -0.25) is 4.79 Å². The number of para-hydroxylation sites is 2. The molecular weight excluding hydrogens is 340 g/mol. The van der Waals surface area contributed by atoms with Crippen molar-refractivity contribution in [1.82, 2.24) is 10.2 Å². The van der Waals surface area contributed by atoms with Crippen molar-refractivity contribution in [2.24, 2.45) is 0 Å². The number of nitrogens with one attached hydrogen (secondary N) is 2. The fourth-order valence-corrected chi connectivity index (χ4v) is 2.60. The van der Waals surface area contributed by atoms with Crippen molar-refractivity contribution in [3.05, 3.63) is 77.5 Å². The highest BCUT2D eigenvalue weighted by molar-refractivity contribution is 6.03. The van der Waals surface area contributed by atoms with Crippen LogP contribution in [0.5, 0.6) is 5.75 Å². The van der Waals surface area contributed by atoms with E-state index in [0.717, 1.165) is 5.56 Å². The number of rotatable bonds is 7. The molecule has 27 heavy (non-hydrogen) atoms. The van der Waals surface area contributed by atoms with Crippen LogP contribution in [0.2, 0.25) is 0 Å². The van der Waals surface area contributed by atoms with E-state index in [-0.39, 0.29) is 11.6 Å². The summed E-state index contributed by atoms with van der Waals surface area (Å²) in [6.07, 6.45) is 0. The molecule has 0 fully saturated rings. The van der Waals surface area contributed by atoms with Crippen molar-refractivity contribution >= 4 is 17.4 Å². The van der Waals surface area contributed by atoms with Crippen LogP contribution in [0.4, 0.5) is 11.5 Å². The van der Waals surface area contributed by atoms with E-state index in [1.807, 2.05) is 37.3 Å². The molecule has 0 bridgehead atoms. The molecular formula is C21H22N4O2. The van der Waals surface area contributed by atoms with E-state index >= 15 is 0 Å². The molecule has 1 amide bonds. The van der Waals surface area contributed by atoms with Crippen LogP contribution in [0, 0.1) is 6.92 Å². The second kappa shape index (κ2) is 8.80.